The van der Waals surface area contributed by atoms with Crippen LogP contribution in [0.5, 0.6) is 0 Å². The number of fused-ring (bicyclic) bond motifs is 2. The molecule has 5 heteroatoms. The van der Waals surface area contributed by atoms with Gasteiger partial charge in [0.2, 0.25) is 5.91 Å². The molecule has 5 rings (SSSR count). The van der Waals surface area contributed by atoms with Gasteiger partial charge >= 0.3 is 0 Å². The summed E-state index contributed by atoms with van der Waals surface area (Å²) >= 11 is 0. The van der Waals surface area contributed by atoms with Gasteiger partial charge in [-0.3, -0.25) is 14.8 Å². The number of aromatic nitrogens is 2. The molecule has 1 aliphatic rings. The zero-order valence-electron chi connectivity index (χ0n) is 16.3. The standard InChI is InChI=1S/C24H22N4O/c1-16(29)28-11-8-20(15-28)27-21-13-22(24-23(14-21)25-9-10-26-24)19-7-6-17-4-2-3-5-18(17)12-19/h2-7,9-10,12-14,20,27H,8,11,15H2,1H3. The van der Waals surface area contributed by atoms with Gasteiger partial charge in [-0.15, -0.1) is 0 Å². The lowest BCUT2D eigenvalue weighted by molar-refractivity contribution is -0.127. The fraction of sp³-hybridized carbons (Fsp3) is 0.208. The molecule has 1 fully saturated rings. The van der Waals surface area contributed by atoms with Crippen molar-refractivity contribution in [2.45, 2.75) is 19.4 Å². The maximum absolute atomic E-state index is 11.6. The summed E-state index contributed by atoms with van der Waals surface area (Å²) in [4.78, 5) is 22.7. The van der Waals surface area contributed by atoms with Crippen molar-refractivity contribution < 1.29 is 4.79 Å². The van der Waals surface area contributed by atoms with Gasteiger partial charge < -0.3 is 10.2 Å². The van der Waals surface area contributed by atoms with Crippen molar-refractivity contribution >= 4 is 33.4 Å². The van der Waals surface area contributed by atoms with Gasteiger partial charge in [-0.1, -0.05) is 36.4 Å². The average Bonchev–Trinajstić information content (AvgIpc) is 3.22. The van der Waals surface area contributed by atoms with Gasteiger partial charge in [0.05, 0.1) is 11.0 Å². The van der Waals surface area contributed by atoms with Crippen molar-refractivity contribution in [3.05, 3.63) is 67.0 Å². The van der Waals surface area contributed by atoms with Crippen LogP contribution in [0.1, 0.15) is 13.3 Å². The second kappa shape index (κ2) is 7.17. The molecule has 1 amide bonds. The zero-order chi connectivity index (χ0) is 19.8. The highest BCUT2D eigenvalue weighted by atomic mass is 16.2. The summed E-state index contributed by atoms with van der Waals surface area (Å²) in [5.74, 6) is 0.135. The number of rotatable bonds is 3. The predicted molar refractivity (Wildman–Crippen MR) is 117 cm³/mol. The summed E-state index contributed by atoms with van der Waals surface area (Å²) in [6.45, 7) is 3.17. The summed E-state index contributed by atoms with van der Waals surface area (Å²) < 4.78 is 0. The average molecular weight is 382 g/mol. The maximum Gasteiger partial charge on any atom is 0.219 e. The smallest absolute Gasteiger partial charge is 0.219 e. The molecule has 1 saturated heterocycles. The Morgan fingerprint density at radius 2 is 1.86 bits per heavy atom. The molecule has 29 heavy (non-hydrogen) atoms. The Kier molecular flexibility index (Phi) is 4.35. The van der Waals surface area contributed by atoms with Gasteiger partial charge in [0, 0.05) is 49.7 Å². The third-order valence-electron chi connectivity index (χ3n) is 5.64. The second-order valence-corrected chi connectivity index (χ2v) is 7.60. The van der Waals surface area contributed by atoms with E-state index in [9.17, 15) is 4.79 Å². The topological polar surface area (TPSA) is 58.1 Å². The number of amides is 1. The zero-order valence-corrected chi connectivity index (χ0v) is 16.3. The fourth-order valence-corrected chi connectivity index (χ4v) is 4.13. The third kappa shape index (κ3) is 3.40. The normalized spacial score (nSPS) is 16.4. The Hall–Kier alpha value is -3.47. The summed E-state index contributed by atoms with van der Waals surface area (Å²) in [6, 6.07) is 19.3. The first kappa shape index (κ1) is 17.6. The maximum atomic E-state index is 11.6. The van der Waals surface area contributed by atoms with Crippen LogP contribution in [0.3, 0.4) is 0 Å². The molecule has 3 aromatic carbocycles. The molecule has 2 heterocycles. The number of nitrogens with one attached hydrogen (secondary N) is 1. The molecule has 0 bridgehead atoms. The van der Waals surface area contributed by atoms with E-state index in [0.717, 1.165) is 47.4 Å². The summed E-state index contributed by atoms with van der Waals surface area (Å²) in [5, 5.41) is 6.02. The molecule has 144 valence electrons. The molecule has 0 spiro atoms. The summed E-state index contributed by atoms with van der Waals surface area (Å²) in [6.07, 6.45) is 4.41. The molecule has 0 radical (unpaired) electrons. The minimum absolute atomic E-state index is 0.135. The Morgan fingerprint density at radius 3 is 2.69 bits per heavy atom. The highest BCUT2D eigenvalue weighted by Crippen LogP contribution is 2.32. The van der Waals surface area contributed by atoms with Gasteiger partial charge in [-0.2, -0.15) is 0 Å². The fourth-order valence-electron chi connectivity index (χ4n) is 4.13. The van der Waals surface area contributed by atoms with Crippen molar-refractivity contribution in [2.24, 2.45) is 0 Å². The number of anilines is 1. The number of benzene rings is 3. The van der Waals surface area contributed by atoms with Crippen LogP contribution >= 0.6 is 0 Å². The molecule has 1 aliphatic heterocycles. The molecular weight excluding hydrogens is 360 g/mol. The van der Waals surface area contributed by atoms with E-state index in [1.165, 1.54) is 10.8 Å². The molecular formula is C24H22N4O. The minimum atomic E-state index is 0.135. The quantitative estimate of drug-likeness (QED) is 0.567. The van der Waals surface area contributed by atoms with Gasteiger partial charge in [0.1, 0.15) is 0 Å². The first-order chi connectivity index (χ1) is 14.2. The number of nitrogens with zero attached hydrogens (tertiary/aromatic N) is 3. The van der Waals surface area contributed by atoms with Crippen LogP contribution in [0.15, 0.2) is 67.0 Å². The first-order valence-corrected chi connectivity index (χ1v) is 9.93. The van der Waals surface area contributed by atoms with Gasteiger partial charge in [-0.25, -0.2) is 0 Å². The molecule has 0 aliphatic carbocycles. The van der Waals surface area contributed by atoms with Crippen molar-refractivity contribution in [2.75, 3.05) is 18.4 Å². The van der Waals surface area contributed by atoms with Crippen LogP contribution in [0, 0.1) is 0 Å². The highest BCUT2D eigenvalue weighted by molar-refractivity contribution is 5.97. The second-order valence-electron chi connectivity index (χ2n) is 7.60. The van der Waals surface area contributed by atoms with Crippen LogP contribution < -0.4 is 5.32 Å². The molecule has 1 atom stereocenters. The van der Waals surface area contributed by atoms with E-state index in [4.69, 9.17) is 0 Å². The Balaban J connectivity index is 1.56. The van der Waals surface area contributed by atoms with E-state index in [2.05, 4.69) is 63.8 Å². The van der Waals surface area contributed by atoms with Crippen molar-refractivity contribution in [1.29, 1.82) is 0 Å². The van der Waals surface area contributed by atoms with Gasteiger partial charge in [-0.05, 0) is 41.0 Å². The number of carbonyl (C=O) groups is 1. The molecule has 0 saturated carbocycles. The van der Waals surface area contributed by atoms with E-state index < -0.39 is 0 Å². The van der Waals surface area contributed by atoms with Crippen LogP contribution in [0.4, 0.5) is 5.69 Å². The van der Waals surface area contributed by atoms with Crippen LogP contribution in [0.2, 0.25) is 0 Å². The summed E-state index contributed by atoms with van der Waals surface area (Å²) in [7, 11) is 0. The summed E-state index contributed by atoms with van der Waals surface area (Å²) in [5.41, 5.74) is 4.95. The van der Waals surface area contributed by atoms with Crippen molar-refractivity contribution in [1.82, 2.24) is 14.9 Å². The van der Waals surface area contributed by atoms with E-state index in [-0.39, 0.29) is 11.9 Å². The van der Waals surface area contributed by atoms with Crippen LogP contribution in [0.25, 0.3) is 32.9 Å². The lowest BCUT2D eigenvalue weighted by Crippen LogP contribution is -2.29. The van der Waals surface area contributed by atoms with E-state index in [1.54, 1.807) is 19.3 Å². The van der Waals surface area contributed by atoms with Gasteiger partial charge in [0.25, 0.3) is 0 Å². The minimum Gasteiger partial charge on any atom is -0.380 e. The Labute approximate surface area is 169 Å². The predicted octanol–water partition coefficient (Wildman–Crippen LogP) is 4.48. The Bertz CT molecular complexity index is 1220. The van der Waals surface area contributed by atoms with Gasteiger partial charge in [0.15, 0.2) is 0 Å². The molecule has 1 unspecified atom stereocenters. The number of carbonyl (C=O) groups excluding carboxylic acids is 1. The van der Waals surface area contributed by atoms with Crippen LogP contribution in [-0.4, -0.2) is 39.9 Å². The molecule has 1 N–H and O–H groups in total. The van der Waals surface area contributed by atoms with E-state index in [1.807, 2.05) is 11.0 Å². The van der Waals surface area contributed by atoms with Crippen molar-refractivity contribution in [3.63, 3.8) is 0 Å². The lowest BCUT2D eigenvalue weighted by atomic mass is 9.99. The van der Waals surface area contributed by atoms with Crippen LogP contribution in [-0.2, 0) is 4.79 Å². The van der Waals surface area contributed by atoms with E-state index >= 15 is 0 Å². The molecule has 1 aromatic heterocycles. The largest absolute Gasteiger partial charge is 0.380 e. The highest BCUT2D eigenvalue weighted by Gasteiger charge is 2.24. The number of likely N-dealkylation sites (tertiary alicyclic amines) is 1. The number of hydrogen-bond acceptors (Lipinski definition) is 4. The Morgan fingerprint density at radius 1 is 1.03 bits per heavy atom. The number of hydrogen-bond donors (Lipinski definition) is 1. The lowest BCUT2D eigenvalue weighted by Gasteiger charge is -2.17. The monoisotopic (exact) mass is 382 g/mol. The van der Waals surface area contributed by atoms with E-state index in [0.29, 0.717) is 0 Å². The first-order valence-electron chi connectivity index (χ1n) is 9.93. The van der Waals surface area contributed by atoms with Crippen molar-refractivity contribution in [3.8, 4) is 11.1 Å². The molecule has 5 nitrogen and oxygen atoms in total. The molecule has 4 aromatic rings. The third-order valence-corrected chi connectivity index (χ3v) is 5.64. The SMILES string of the molecule is CC(=O)N1CCC(Nc2cc(-c3ccc4ccccc4c3)c3nccnc3c2)C1.